The Kier molecular flexibility index (Phi) is 6.44. The Hall–Kier alpha value is -4.07. The first-order valence-corrected chi connectivity index (χ1v) is 10.6. The van der Waals surface area contributed by atoms with Crippen LogP contribution in [0.2, 0.25) is 0 Å². The number of hydrogen-bond acceptors (Lipinski definition) is 7. The van der Waals surface area contributed by atoms with E-state index in [1.165, 1.54) is 0 Å². The van der Waals surface area contributed by atoms with Gasteiger partial charge in [-0.05, 0) is 62.2 Å². The summed E-state index contributed by atoms with van der Waals surface area (Å²) in [6.07, 6.45) is 6.26. The molecule has 0 fully saturated rings. The third-order valence-electron chi connectivity index (χ3n) is 5.01. The van der Waals surface area contributed by atoms with Gasteiger partial charge in [-0.2, -0.15) is 4.68 Å². The number of ether oxygens (including phenoxy) is 2. The summed E-state index contributed by atoms with van der Waals surface area (Å²) in [5.74, 6) is 4.11. The molecule has 0 bridgehead atoms. The maximum atomic E-state index is 5.43. The summed E-state index contributed by atoms with van der Waals surface area (Å²) in [6, 6.07) is 11.7. The fourth-order valence-electron chi connectivity index (χ4n) is 3.45. The number of hydrogen-bond donors (Lipinski definition) is 0. The van der Waals surface area contributed by atoms with Gasteiger partial charge in [0, 0.05) is 18.7 Å². The van der Waals surface area contributed by atoms with Crippen molar-refractivity contribution in [2.24, 2.45) is 0 Å². The molecular formula is C25H26N6O2. The number of aromatic nitrogens is 6. The highest BCUT2D eigenvalue weighted by atomic mass is 16.5. The smallest absolute Gasteiger partial charge is 0.161 e. The minimum atomic E-state index is 0.558. The first-order valence-electron chi connectivity index (χ1n) is 10.6. The lowest BCUT2D eigenvalue weighted by Gasteiger charge is -2.10. The zero-order chi connectivity index (χ0) is 23.4. The number of nitrogens with zero attached hydrogens (tertiary/aromatic N) is 6. The monoisotopic (exact) mass is 442 g/mol. The van der Waals surface area contributed by atoms with Gasteiger partial charge >= 0.3 is 0 Å². The molecule has 3 heterocycles. The second-order valence-corrected chi connectivity index (χ2v) is 7.65. The molecule has 0 radical (unpaired) electrons. The van der Waals surface area contributed by atoms with E-state index in [-0.39, 0.29) is 0 Å². The molecule has 0 aliphatic rings. The van der Waals surface area contributed by atoms with Crippen molar-refractivity contribution in [3.63, 3.8) is 0 Å². The van der Waals surface area contributed by atoms with Gasteiger partial charge in [0.1, 0.15) is 17.5 Å². The zero-order valence-electron chi connectivity index (χ0n) is 19.4. The molecule has 8 nitrogen and oxygen atoms in total. The Balaban J connectivity index is 1.65. The van der Waals surface area contributed by atoms with Gasteiger partial charge in [-0.25, -0.2) is 15.0 Å². The Morgan fingerprint density at radius 1 is 0.818 bits per heavy atom. The summed E-state index contributed by atoms with van der Waals surface area (Å²) in [4.78, 5) is 18.2. The van der Waals surface area contributed by atoms with E-state index in [1.807, 2.05) is 75.5 Å². The third-order valence-corrected chi connectivity index (χ3v) is 5.01. The Morgan fingerprint density at radius 2 is 1.61 bits per heavy atom. The molecule has 168 valence electrons. The Morgan fingerprint density at radius 3 is 2.33 bits per heavy atom. The van der Waals surface area contributed by atoms with Crippen molar-refractivity contribution < 1.29 is 9.47 Å². The van der Waals surface area contributed by atoms with Crippen LogP contribution in [0.5, 0.6) is 11.5 Å². The first kappa shape index (κ1) is 22.1. The topological polar surface area (TPSA) is 87.8 Å². The molecule has 1 aromatic carbocycles. The normalized spacial score (nSPS) is 11.2. The standard InChI is InChI=1S/C25H26N6O2/c1-16-6-8-20(26-15-16)9-10-21-14-25(28-17(2)27-21)31-24(29-18(3)30-31)13-19-7-11-22(32-4)23(12-19)33-5/h6-12,14-15H,13H2,1-5H3. The second-order valence-electron chi connectivity index (χ2n) is 7.65. The SMILES string of the molecule is COc1ccc(Cc2nc(C)nn2-c2cc(C=Cc3ccc(C)cn3)nc(C)n2)cc1OC. The van der Waals surface area contributed by atoms with Crippen molar-refractivity contribution in [2.45, 2.75) is 27.2 Å². The molecule has 0 saturated heterocycles. The van der Waals surface area contributed by atoms with E-state index in [2.05, 4.69) is 25.0 Å². The average Bonchev–Trinajstić information content (AvgIpc) is 3.18. The molecule has 0 atom stereocenters. The van der Waals surface area contributed by atoms with Crippen molar-refractivity contribution in [3.8, 4) is 17.3 Å². The van der Waals surface area contributed by atoms with Crippen LogP contribution in [0.3, 0.4) is 0 Å². The first-order chi connectivity index (χ1) is 15.9. The van der Waals surface area contributed by atoms with Crippen LogP contribution in [-0.2, 0) is 6.42 Å². The molecule has 0 aliphatic carbocycles. The van der Waals surface area contributed by atoms with Crippen LogP contribution >= 0.6 is 0 Å². The average molecular weight is 443 g/mol. The summed E-state index contributed by atoms with van der Waals surface area (Å²) < 4.78 is 12.5. The van der Waals surface area contributed by atoms with Crippen LogP contribution in [0.25, 0.3) is 18.0 Å². The second kappa shape index (κ2) is 9.60. The van der Waals surface area contributed by atoms with Crippen molar-refractivity contribution in [1.82, 2.24) is 29.7 Å². The highest BCUT2D eigenvalue weighted by molar-refractivity contribution is 5.66. The minimum absolute atomic E-state index is 0.558. The van der Waals surface area contributed by atoms with Gasteiger partial charge in [0.2, 0.25) is 0 Å². The van der Waals surface area contributed by atoms with Crippen LogP contribution in [0.15, 0.2) is 42.6 Å². The quantitative estimate of drug-likeness (QED) is 0.425. The maximum Gasteiger partial charge on any atom is 0.161 e. The number of pyridine rings is 1. The van der Waals surface area contributed by atoms with Crippen molar-refractivity contribution in [1.29, 1.82) is 0 Å². The van der Waals surface area contributed by atoms with E-state index >= 15 is 0 Å². The highest BCUT2D eigenvalue weighted by Gasteiger charge is 2.14. The molecular weight excluding hydrogens is 416 g/mol. The van der Waals surface area contributed by atoms with E-state index in [4.69, 9.17) is 9.47 Å². The lowest BCUT2D eigenvalue weighted by atomic mass is 10.1. The molecule has 0 unspecified atom stereocenters. The number of aryl methyl sites for hydroxylation is 3. The molecule has 33 heavy (non-hydrogen) atoms. The van der Waals surface area contributed by atoms with Crippen molar-refractivity contribution >= 4 is 12.2 Å². The van der Waals surface area contributed by atoms with E-state index < -0.39 is 0 Å². The molecule has 4 aromatic rings. The van der Waals surface area contributed by atoms with E-state index in [0.717, 1.165) is 28.3 Å². The molecule has 0 amide bonds. The summed E-state index contributed by atoms with van der Waals surface area (Å²) in [5, 5.41) is 4.59. The van der Waals surface area contributed by atoms with Gasteiger partial charge in [0.15, 0.2) is 17.3 Å². The van der Waals surface area contributed by atoms with Gasteiger partial charge in [-0.1, -0.05) is 12.1 Å². The van der Waals surface area contributed by atoms with Gasteiger partial charge in [-0.3, -0.25) is 4.98 Å². The fraction of sp³-hybridized carbons (Fsp3) is 0.240. The van der Waals surface area contributed by atoms with Gasteiger partial charge in [0.05, 0.1) is 25.6 Å². The van der Waals surface area contributed by atoms with E-state index in [0.29, 0.717) is 35.4 Å². The summed E-state index contributed by atoms with van der Waals surface area (Å²) >= 11 is 0. The molecule has 0 aliphatic heterocycles. The van der Waals surface area contributed by atoms with Gasteiger partial charge < -0.3 is 9.47 Å². The predicted molar refractivity (Wildman–Crippen MR) is 127 cm³/mol. The third kappa shape index (κ3) is 5.23. The van der Waals surface area contributed by atoms with Crippen LogP contribution < -0.4 is 9.47 Å². The molecule has 8 heteroatoms. The molecule has 4 rings (SSSR count). The number of benzene rings is 1. The molecule has 0 N–H and O–H groups in total. The zero-order valence-corrected chi connectivity index (χ0v) is 19.4. The van der Waals surface area contributed by atoms with Gasteiger partial charge in [0.25, 0.3) is 0 Å². The number of rotatable bonds is 7. The fourth-order valence-corrected chi connectivity index (χ4v) is 3.45. The summed E-state index contributed by atoms with van der Waals surface area (Å²) in [6.45, 7) is 5.75. The van der Waals surface area contributed by atoms with E-state index in [9.17, 15) is 0 Å². The van der Waals surface area contributed by atoms with Crippen molar-refractivity contribution in [2.75, 3.05) is 14.2 Å². The number of methoxy groups -OCH3 is 2. The predicted octanol–water partition coefficient (Wildman–Crippen LogP) is 4.16. The van der Waals surface area contributed by atoms with Crippen LogP contribution in [0.1, 0.15) is 40.0 Å². The largest absolute Gasteiger partial charge is 0.493 e. The molecule has 3 aromatic heterocycles. The lowest BCUT2D eigenvalue weighted by Crippen LogP contribution is -2.08. The lowest BCUT2D eigenvalue weighted by molar-refractivity contribution is 0.354. The van der Waals surface area contributed by atoms with Crippen LogP contribution in [0, 0.1) is 20.8 Å². The Labute approximate surface area is 193 Å². The van der Waals surface area contributed by atoms with Crippen molar-refractivity contribution in [3.05, 3.63) is 82.6 Å². The summed E-state index contributed by atoms with van der Waals surface area (Å²) in [7, 11) is 3.25. The highest BCUT2D eigenvalue weighted by Crippen LogP contribution is 2.28. The maximum absolute atomic E-state index is 5.43. The van der Waals surface area contributed by atoms with Gasteiger partial charge in [-0.15, -0.1) is 5.10 Å². The Bertz CT molecular complexity index is 1300. The summed E-state index contributed by atoms with van der Waals surface area (Å²) in [5.41, 5.74) is 3.78. The minimum Gasteiger partial charge on any atom is -0.493 e. The van der Waals surface area contributed by atoms with Crippen LogP contribution in [-0.4, -0.2) is 43.9 Å². The molecule has 0 saturated carbocycles. The van der Waals surface area contributed by atoms with Crippen LogP contribution in [0.4, 0.5) is 0 Å². The van der Waals surface area contributed by atoms with E-state index in [1.54, 1.807) is 18.9 Å². The molecule has 0 spiro atoms.